The molecular weight excluding hydrogens is 525 g/mol. The molecule has 1 aliphatic rings. The molecule has 0 saturated heterocycles. The SMILES string of the molecule is CC(Nc1nc(C(=O)O)nc2nc(C(=O)NCc3ccccc3)n(Cc3ccc(C(F)(F)F)cc3)c12)C1CCC1. The fourth-order valence-electron chi connectivity index (χ4n) is 4.67. The van der Waals surface area contributed by atoms with E-state index in [1.807, 2.05) is 37.3 Å². The number of nitrogens with zero attached hydrogens (tertiary/aromatic N) is 4. The van der Waals surface area contributed by atoms with E-state index in [2.05, 4.69) is 25.6 Å². The van der Waals surface area contributed by atoms with Crippen molar-refractivity contribution in [2.75, 3.05) is 5.32 Å². The van der Waals surface area contributed by atoms with E-state index < -0.39 is 29.4 Å². The highest BCUT2D eigenvalue weighted by atomic mass is 19.4. The minimum Gasteiger partial charge on any atom is -0.475 e. The summed E-state index contributed by atoms with van der Waals surface area (Å²) in [5.74, 6) is -1.88. The number of benzene rings is 2. The highest BCUT2D eigenvalue weighted by Gasteiger charge is 2.31. The Morgan fingerprint density at radius 3 is 2.33 bits per heavy atom. The molecule has 1 amide bonds. The van der Waals surface area contributed by atoms with Gasteiger partial charge in [-0.15, -0.1) is 0 Å². The van der Waals surface area contributed by atoms with Gasteiger partial charge in [0, 0.05) is 12.6 Å². The second-order valence-electron chi connectivity index (χ2n) is 9.88. The molecule has 9 nitrogen and oxygen atoms in total. The molecule has 12 heteroatoms. The summed E-state index contributed by atoms with van der Waals surface area (Å²) in [5.41, 5.74) is 0.822. The molecule has 1 fully saturated rings. The summed E-state index contributed by atoms with van der Waals surface area (Å²) < 4.78 is 40.9. The molecule has 208 valence electrons. The molecule has 1 unspecified atom stereocenters. The van der Waals surface area contributed by atoms with Crippen LogP contribution in [-0.4, -0.2) is 42.5 Å². The van der Waals surface area contributed by atoms with Crippen LogP contribution >= 0.6 is 0 Å². The predicted molar refractivity (Wildman–Crippen MR) is 141 cm³/mol. The van der Waals surface area contributed by atoms with Crippen molar-refractivity contribution in [3.05, 3.63) is 82.9 Å². The molecule has 1 atom stereocenters. The summed E-state index contributed by atoms with van der Waals surface area (Å²) in [6.45, 7) is 2.16. The number of amides is 1. The molecule has 0 radical (unpaired) electrons. The molecule has 0 aliphatic heterocycles. The van der Waals surface area contributed by atoms with Crippen molar-refractivity contribution in [3.8, 4) is 0 Å². The van der Waals surface area contributed by atoms with Crippen LogP contribution in [-0.2, 0) is 19.3 Å². The largest absolute Gasteiger partial charge is 0.475 e. The lowest BCUT2D eigenvalue weighted by Crippen LogP contribution is -2.31. The lowest BCUT2D eigenvalue weighted by Gasteiger charge is -2.32. The highest BCUT2D eigenvalue weighted by Crippen LogP contribution is 2.33. The Morgan fingerprint density at radius 1 is 1.02 bits per heavy atom. The molecular formula is C28H27F3N6O3. The van der Waals surface area contributed by atoms with Crippen molar-refractivity contribution in [1.82, 2.24) is 24.8 Å². The van der Waals surface area contributed by atoms with Gasteiger partial charge in [-0.05, 0) is 48.9 Å². The normalized spacial score (nSPS) is 14.5. The fourth-order valence-corrected chi connectivity index (χ4v) is 4.67. The Hall–Kier alpha value is -4.48. The van der Waals surface area contributed by atoms with Gasteiger partial charge < -0.3 is 20.3 Å². The van der Waals surface area contributed by atoms with Crippen LogP contribution in [0.25, 0.3) is 11.2 Å². The lowest BCUT2D eigenvalue weighted by molar-refractivity contribution is -0.137. The Bertz CT molecular complexity index is 1530. The number of anilines is 1. The molecule has 1 saturated carbocycles. The molecule has 2 aromatic carbocycles. The van der Waals surface area contributed by atoms with Gasteiger partial charge in [0.25, 0.3) is 5.91 Å². The topological polar surface area (TPSA) is 122 Å². The molecule has 0 spiro atoms. The van der Waals surface area contributed by atoms with Gasteiger partial charge in [-0.25, -0.2) is 19.7 Å². The van der Waals surface area contributed by atoms with Gasteiger partial charge in [-0.2, -0.15) is 13.2 Å². The number of alkyl halides is 3. The van der Waals surface area contributed by atoms with Crippen LogP contribution in [0.1, 0.15) is 64.1 Å². The first-order chi connectivity index (χ1) is 19.1. The van der Waals surface area contributed by atoms with E-state index in [1.165, 1.54) is 16.7 Å². The van der Waals surface area contributed by atoms with Crippen molar-refractivity contribution in [2.45, 2.75) is 51.5 Å². The van der Waals surface area contributed by atoms with Crippen LogP contribution in [0.3, 0.4) is 0 Å². The average molecular weight is 553 g/mol. The Balaban J connectivity index is 1.58. The van der Waals surface area contributed by atoms with Gasteiger partial charge in [-0.1, -0.05) is 48.9 Å². The minimum atomic E-state index is -4.49. The first-order valence-corrected chi connectivity index (χ1v) is 12.9. The number of carbonyl (C=O) groups excluding carboxylic acids is 1. The smallest absolute Gasteiger partial charge is 0.416 e. The van der Waals surface area contributed by atoms with Gasteiger partial charge in [-0.3, -0.25) is 4.79 Å². The zero-order chi connectivity index (χ0) is 28.4. The number of halogens is 3. The number of fused-ring (bicyclic) bond motifs is 1. The van der Waals surface area contributed by atoms with E-state index in [0.29, 0.717) is 17.0 Å². The van der Waals surface area contributed by atoms with Crippen LogP contribution in [0, 0.1) is 5.92 Å². The van der Waals surface area contributed by atoms with E-state index in [9.17, 15) is 27.9 Å². The van der Waals surface area contributed by atoms with E-state index in [1.54, 1.807) is 0 Å². The highest BCUT2D eigenvalue weighted by molar-refractivity contribution is 5.97. The van der Waals surface area contributed by atoms with Gasteiger partial charge in [0.15, 0.2) is 11.5 Å². The molecule has 2 aromatic heterocycles. The van der Waals surface area contributed by atoms with E-state index in [0.717, 1.165) is 37.0 Å². The molecule has 40 heavy (non-hydrogen) atoms. The maximum Gasteiger partial charge on any atom is 0.416 e. The Labute approximate surface area is 227 Å². The van der Waals surface area contributed by atoms with Crippen LogP contribution in [0.15, 0.2) is 54.6 Å². The van der Waals surface area contributed by atoms with Gasteiger partial charge >= 0.3 is 12.1 Å². The fraction of sp³-hybridized carbons (Fsp3) is 0.321. The standard InChI is InChI=1S/C28H27F3N6O3/c1-16(19-8-5-9-19)33-22-21-23(35-24(34-22)27(39)40)36-25(26(38)32-14-17-6-3-2-4-7-17)37(21)15-18-10-12-20(13-11-18)28(29,30)31/h2-4,6-7,10-13,16,19H,5,8-9,14-15H2,1H3,(H,32,38)(H,39,40)(H,33,34,35). The van der Waals surface area contributed by atoms with Crippen LogP contribution in [0.4, 0.5) is 19.0 Å². The monoisotopic (exact) mass is 552 g/mol. The number of imidazole rings is 1. The number of aromatic carboxylic acids is 1. The first-order valence-electron chi connectivity index (χ1n) is 12.9. The Morgan fingerprint density at radius 2 is 1.73 bits per heavy atom. The maximum absolute atomic E-state index is 13.4. The third-order valence-electron chi connectivity index (χ3n) is 7.14. The third-order valence-corrected chi connectivity index (χ3v) is 7.14. The quantitative estimate of drug-likeness (QED) is 0.263. The number of hydrogen-bond donors (Lipinski definition) is 3. The van der Waals surface area contributed by atoms with Crippen molar-refractivity contribution in [2.24, 2.45) is 5.92 Å². The second kappa shape index (κ2) is 10.9. The van der Waals surface area contributed by atoms with E-state index in [-0.39, 0.29) is 36.4 Å². The van der Waals surface area contributed by atoms with Crippen LogP contribution < -0.4 is 10.6 Å². The van der Waals surface area contributed by atoms with Crippen molar-refractivity contribution >= 4 is 28.9 Å². The van der Waals surface area contributed by atoms with Crippen molar-refractivity contribution < 1.29 is 27.9 Å². The number of carboxylic acid groups (broad SMARTS) is 1. The van der Waals surface area contributed by atoms with Crippen molar-refractivity contribution in [1.29, 1.82) is 0 Å². The minimum absolute atomic E-state index is 0.00696. The number of hydrogen-bond acceptors (Lipinski definition) is 6. The van der Waals surface area contributed by atoms with Gasteiger partial charge in [0.2, 0.25) is 11.6 Å². The summed E-state index contributed by atoms with van der Waals surface area (Å²) in [7, 11) is 0. The number of rotatable bonds is 9. The Kier molecular flexibility index (Phi) is 7.42. The summed E-state index contributed by atoms with van der Waals surface area (Å²) in [5, 5.41) is 15.7. The summed E-state index contributed by atoms with van der Waals surface area (Å²) >= 11 is 0. The number of nitrogens with one attached hydrogen (secondary N) is 2. The molecule has 3 N–H and O–H groups in total. The van der Waals surface area contributed by atoms with Gasteiger partial charge in [0.1, 0.15) is 5.52 Å². The summed E-state index contributed by atoms with van der Waals surface area (Å²) in [6.07, 6.45) is -1.34. The van der Waals surface area contributed by atoms with Gasteiger partial charge in [0.05, 0.1) is 12.1 Å². The number of aromatic nitrogens is 4. The molecule has 0 bridgehead atoms. The second-order valence-corrected chi connectivity index (χ2v) is 9.88. The molecule has 5 rings (SSSR count). The number of carboxylic acids is 1. The lowest BCUT2D eigenvalue weighted by atomic mass is 9.80. The number of carbonyl (C=O) groups is 2. The average Bonchev–Trinajstić information content (AvgIpc) is 3.25. The molecule has 2 heterocycles. The third kappa shape index (κ3) is 5.75. The van der Waals surface area contributed by atoms with Crippen LogP contribution in [0.5, 0.6) is 0 Å². The van der Waals surface area contributed by atoms with E-state index in [4.69, 9.17) is 0 Å². The van der Waals surface area contributed by atoms with Crippen molar-refractivity contribution in [3.63, 3.8) is 0 Å². The summed E-state index contributed by atoms with van der Waals surface area (Å²) in [6, 6.07) is 13.8. The molecule has 4 aromatic rings. The van der Waals surface area contributed by atoms with Crippen LogP contribution in [0.2, 0.25) is 0 Å². The first kappa shape index (κ1) is 27.1. The molecule has 1 aliphatic carbocycles. The van der Waals surface area contributed by atoms with E-state index >= 15 is 0 Å². The predicted octanol–water partition coefficient (Wildman–Crippen LogP) is 5.12. The zero-order valence-corrected chi connectivity index (χ0v) is 21.6. The zero-order valence-electron chi connectivity index (χ0n) is 21.6. The summed E-state index contributed by atoms with van der Waals surface area (Å²) in [4.78, 5) is 37.9. The maximum atomic E-state index is 13.4.